The average Bonchev–Trinajstić information content (AvgIpc) is 3.11. The fourth-order valence-electron chi connectivity index (χ4n) is 3.50. The van der Waals surface area contributed by atoms with Gasteiger partial charge in [0.25, 0.3) is 5.91 Å². The van der Waals surface area contributed by atoms with Gasteiger partial charge in [-0.25, -0.2) is 4.39 Å². The van der Waals surface area contributed by atoms with Crippen LogP contribution in [0.25, 0.3) is 0 Å². The first-order valence-electron chi connectivity index (χ1n) is 9.92. The molecule has 1 fully saturated rings. The highest BCUT2D eigenvalue weighted by atomic mass is 32.2. The van der Waals surface area contributed by atoms with Gasteiger partial charge in [0.05, 0.1) is 11.4 Å². The number of halogens is 1. The Morgan fingerprint density at radius 1 is 1.10 bits per heavy atom. The molecule has 1 saturated heterocycles. The van der Waals surface area contributed by atoms with E-state index < -0.39 is 6.04 Å². The predicted octanol–water partition coefficient (Wildman–Crippen LogP) is 4.63. The summed E-state index contributed by atoms with van der Waals surface area (Å²) in [5.41, 5.74) is 1.42. The predicted molar refractivity (Wildman–Crippen MR) is 115 cm³/mol. The first kappa shape index (κ1) is 21.4. The zero-order chi connectivity index (χ0) is 21.0. The molecule has 2 amide bonds. The Bertz CT molecular complexity index is 842. The maximum atomic E-state index is 13.3. The molecule has 154 valence electrons. The van der Waals surface area contributed by atoms with Crippen molar-refractivity contribution in [3.05, 3.63) is 71.5 Å². The van der Waals surface area contributed by atoms with Gasteiger partial charge in [0, 0.05) is 11.3 Å². The molecule has 2 aromatic rings. The largest absolute Gasteiger partial charge is 0.348 e. The van der Waals surface area contributed by atoms with Crippen molar-refractivity contribution in [1.82, 2.24) is 10.2 Å². The Kier molecular flexibility index (Phi) is 6.96. The van der Waals surface area contributed by atoms with E-state index in [1.807, 2.05) is 37.3 Å². The summed E-state index contributed by atoms with van der Waals surface area (Å²) in [5, 5.41) is 2.98. The van der Waals surface area contributed by atoms with E-state index in [4.69, 9.17) is 0 Å². The first-order chi connectivity index (χ1) is 13.9. The van der Waals surface area contributed by atoms with Crippen LogP contribution in [0.1, 0.15) is 49.2 Å². The molecule has 0 spiro atoms. The average molecular weight is 415 g/mol. The van der Waals surface area contributed by atoms with Gasteiger partial charge in [0.2, 0.25) is 5.91 Å². The molecule has 4 nitrogen and oxygen atoms in total. The van der Waals surface area contributed by atoms with Crippen LogP contribution in [0.3, 0.4) is 0 Å². The standard InChI is InChI=1S/C23H27FN2O2S/c1-15(2)13-21-26(23(28)18-9-11-19(24)12-10-18)20(14-29-21)22(27)25-16(3)17-7-5-4-6-8-17/h4-12,15-16,20-21H,13-14H2,1-3H3,(H,25,27). The maximum absolute atomic E-state index is 13.3. The molecule has 3 unspecified atom stereocenters. The van der Waals surface area contributed by atoms with Gasteiger partial charge in [0.15, 0.2) is 0 Å². The lowest BCUT2D eigenvalue weighted by molar-refractivity contribution is -0.125. The van der Waals surface area contributed by atoms with Crippen LogP contribution in [-0.4, -0.2) is 33.9 Å². The zero-order valence-electron chi connectivity index (χ0n) is 17.0. The number of carbonyl (C=O) groups excluding carboxylic acids is 2. The first-order valence-corrected chi connectivity index (χ1v) is 11.0. The number of carbonyl (C=O) groups is 2. The third-order valence-corrected chi connectivity index (χ3v) is 6.36. The normalized spacial score (nSPS) is 20.0. The number of thioether (sulfide) groups is 1. The van der Waals surface area contributed by atoms with E-state index in [9.17, 15) is 14.0 Å². The van der Waals surface area contributed by atoms with Gasteiger partial charge in [0.1, 0.15) is 11.9 Å². The monoisotopic (exact) mass is 414 g/mol. The van der Waals surface area contributed by atoms with E-state index in [1.165, 1.54) is 24.3 Å². The van der Waals surface area contributed by atoms with E-state index in [0.29, 0.717) is 17.2 Å². The number of benzene rings is 2. The minimum absolute atomic E-state index is 0.0738. The van der Waals surface area contributed by atoms with Crippen LogP contribution in [-0.2, 0) is 4.79 Å². The Labute approximate surface area is 175 Å². The quantitative estimate of drug-likeness (QED) is 0.750. The molecule has 1 aliphatic heterocycles. The van der Waals surface area contributed by atoms with E-state index in [0.717, 1.165) is 12.0 Å². The van der Waals surface area contributed by atoms with Crippen molar-refractivity contribution in [1.29, 1.82) is 0 Å². The molecule has 0 bridgehead atoms. The van der Waals surface area contributed by atoms with Crippen molar-refractivity contribution in [3.8, 4) is 0 Å². The molecular weight excluding hydrogens is 387 g/mol. The van der Waals surface area contributed by atoms with E-state index in [2.05, 4.69) is 19.2 Å². The van der Waals surface area contributed by atoms with Gasteiger partial charge in [-0.05, 0) is 49.1 Å². The minimum atomic E-state index is -0.549. The molecule has 29 heavy (non-hydrogen) atoms. The van der Waals surface area contributed by atoms with E-state index in [-0.39, 0.29) is 29.0 Å². The van der Waals surface area contributed by atoms with Crippen LogP contribution in [0.5, 0.6) is 0 Å². The summed E-state index contributed by atoms with van der Waals surface area (Å²) >= 11 is 1.63. The molecular formula is C23H27FN2O2S. The Hall–Kier alpha value is -2.34. The van der Waals surface area contributed by atoms with E-state index in [1.54, 1.807) is 16.7 Å². The summed E-state index contributed by atoms with van der Waals surface area (Å²) in [7, 11) is 0. The SMILES string of the molecule is CC(C)CC1SCC(C(=O)NC(C)c2ccccc2)N1C(=O)c1ccc(F)cc1. The molecule has 6 heteroatoms. The van der Waals surface area contributed by atoms with Gasteiger partial charge >= 0.3 is 0 Å². The molecule has 0 aromatic heterocycles. The maximum Gasteiger partial charge on any atom is 0.255 e. The van der Waals surface area contributed by atoms with Gasteiger partial charge in [-0.1, -0.05) is 44.2 Å². The van der Waals surface area contributed by atoms with Gasteiger partial charge in [-0.3, -0.25) is 9.59 Å². The lowest BCUT2D eigenvalue weighted by Gasteiger charge is -2.30. The zero-order valence-corrected chi connectivity index (χ0v) is 17.8. The molecule has 2 aromatic carbocycles. The smallest absolute Gasteiger partial charge is 0.255 e. The summed E-state index contributed by atoms with van der Waals surface area (Å²) in [5.74, 6) is 0.171. The third kappa shape index (κ3) is 5.18. The fraction of sp³-hybridized carbons (Fsp3) is 0.391. The molecule has 0 radical (unpaired) electrons. The highest BCUT2D eigenvalue weighted by Crippen LogP contribution is 2.35. The van der Waals surface area contributed by atoms with Crippen LogP contribution < -0.4 is 5.32 Å². The molecule has 1 N–H and O–H groups in total. The topological polar surface area (TPSA) is 49.4 Å². The van der Waals surface area contributed by atoms with Crippen molar-refractivity contribution in [3.63, 3.8) is 0 Å². The Morgan fingerprint density at radius 2 is 1.76 bits per heavy atom. The second kappa shape index (κ2) is 9.44. The van der Waals surface area contributed by atoms with Gasteiger partial charge in [-0.2, -0.15) is 0 Å². The van der Waals surface area contributed by atoms with Crippen LogP contribution in [0.4, 0.5) is 4.39 Å². The Morgan fingerprint density at radius 3 is 2.38 bits per heavy atom. The van der Waals surface area contributed by atoms with Gasteiger partial charge < -0.3 is 10.2 Å². The molecule has 1 aliphatic rings. The summed E-state index contributed by atoms with van der Waals surface area (Å²) in [6.45, 7) is 6.14. The van der Waals surface area contributed by atoms with Crippen molar-refractivity contribution in [2.45, 2.75) is 44.6 Å². The lowest BCUT2D eigenvalue weighted by Crippen LogP contribution is -2.50. The summed E-state index contributed by atoms with van der Waals surface area (Å²) in [6.07, 6.45) is 0.801. The lowest BCUT2D eigenvalue weighted by atomic mass is 10.1. The van der Waals surface area contributed by atoms with Crippen molar-refractivity contribution in [2.24, 2.45) is 5.92 Å². The number of hydrogen-bond acceptors (Lipinski definition) is 3. The number of amides is 2. The summed E-state index contributed by atoms with van der Waals surface area (Å²) in [4.78, 5) is 28.0. The highest BCUT2D eigenvalue weighted by molar-refractivity contribution is 8.00. The fourth-order valence-corrected chi connectivity index (χ4v) is 5.14. The Balaban J connectivity index is 1.80. The summed E-state index contributed by atoms with van der Waals surface area (Å²) in [6, 6.07) is 14.6. The third-order valence-electron chi connectivity index (χ3n) is 5.05. The molecule has 3 rings (SSSR count). The van der Waals surface area contributed by atoms with Crippen molar-refractivity contribution < 1.29 is 14.0 Å². The number of nitrogens with zero attached hydrogens (tertiary/aromatic N) is 1. The molecule has 1 heterocycles. The molecule has 0 saturated carbocycles. The second-order valence-electron chi connectivity index (χ2n) is 7.79. The van der Waals surface area contributed by atoms with Crippen LogP contribution >= 0.6 is 11.8 Å². The van der Waals surface area contributed by atoms with Crippen LogP contribution in [0.15, 0.2) is 54.6 Å². The second-order valence-corrected chi connectivity index (χ2v) is 9.00. The number of rotatable bonds is 6. The minimum Gasteiger partial charge on any atom is -0.348 e. The van der Waals surface area contributed by atoms with E-state index >= 15 is 0 Å². The highest BCUT2D eigenvalue weighted by Gasteiger charge is 2.42. The van der Waals surface area contributed by atoms with Gasteiger partial charge in [-0.15, -0.1) is 11.8 Å². The molecule has 3 atom stereocenters. The molecule has 0 aliphatic carbocycles. The van der Waals surface area contributed by atoms with Crippen molar-refractivity contribution >= 4 is 23.6 Å². The van der Waals surface area contributed by atoms with Crippen LogP contribution in [0, 0.1) is 11.7 Å². The van der Waals surface area contributed by atoms with Crippen molar-refractivity contribution in [2.75, 3.05) is 5.75 Å². The summed E-state index contributed by atoms with van der Waals surface area (Å²) < 4.78 is 13.3. The number of hydrogen-bond donors (Lipinski definition) is 1. The van der Waals surface area contributed by atoms with Crippen LogP contribution in [0.2, 0.25) is 0 Å². The number of nitrogens with one attached hydrogen (secondary N) is 1.